The third-order valence-corrected chi connectivity index (χ3v) is 5.44. The lowest BCUT2D eigenvalue weighted by molar-refractivity contribution is 0.372. The van der Waals surface area contributed by atoms with E-state index in [-0.39, 0.29) is 0 Å². The molecule has 2 aromatic heterocycles. The van der Waals surface area contributed by atoms with Gasteiger partial charge in [-0.15, -0.1) is 11.3 Å². The lowest BCUT2D eigenvalue weighted by Crippen LogP contribution is -2.25. The van der Waals surface area contributed by atoms with E-state index >= 15 is 0 Å². The van der Waals surface area contributed by atoms with E-state index in [4.69, 9.17) is 4.74 Å². The fraction of sp³-hybridized carbons (Fsp3) is 0.467. The fourth-order valence-corrected chi connectivity index (χ4v) is 4.06. The summed E-state index contributed by atoms with van der Waals surface area (Å²) in [6.07, 6.45) is 4.38. The van der Waals surface area contributed by atoms with Gasteiger partial charge in [0.15, 0.2) is 5.06 Å². The Morgan fingerprint density at radius 2 is 2.14 bits per heavy atom. The maximum Gasteiger partial charge on any atom is 0.183 e. The molecule has 1 aliphatic heterocycles. The fourth-order valence-electron chi connectivity index (χ4n) is 2.56. The molecule has 2 aromatic rings. The van der Waals surface area contributed by atoms with Crippen molar-refractivity contribution in [1.82, 2.24) is 13.6 Å². The number of nitrogens with zero attached hydrogens (tertiary/aromatic N) is 3. The van der Waals surface area contributed by atoms with Crippen LogP contribution in [0, 0.1) is 0 Å². The Hall–Kier alpha value is -1.24. The molecule has 0 aliphatic carbocycles. The van der Waals surface area contributed by atoms with Crippen LogP contribution in [0.4, 0.5) is 0 Å². The summed E-state index contributed by atoms with van der Waals surface area (Å²) in [5.41, 5.74) is 4.34. The lowest BCUT2D eigenvalue weighted by Gasteiger charge is -2.22. The Kier molecular flexibility index (Phi) is 4.37. The number of aryl methyl sites for hydroxylation is 1. The maximum atomic E-state index is 5.54. The highest BCUT2D eigenvalue weighted by Crippen LogP contribution is 2.40. The first-order valence-corrected chi connectivity index (χ1v) is 8.65. The zero-order valence-corrected chi connectivity index (χ0v) is 14.2. The van der Waals surface area contributed by atoms with Crippen LogP contribution in [-0.4, -0.2) is 40.9 Å². The predicted octanol–water partition coefficient (Wildman–Crippen LogP) is 3.56. The Morgan fingerprint density at radius 3 is 2.86 bits per heavy atom. The summed E-state index contributed by atoms with van der Waals surface area (Å²) >= 11 is 2.98. The third-order valence-electron chi connectivity index (χ3n) is 3.67. The molecule has 6 heteroatoms. The summed E-state index contributed by atoms with van der Waals surface area (Å²) in [5, 5.41) is 0.936. The van der Waals surface area contributed by atoms with Gasteiger partial charge in [0.25, 0.3) is 0 Å². The van der Waals surface area contributed by atoms with E-state index in [1.807, 2.05) is 0 Å². The van der Waals surface area contributed by atoms with Gasteiger partial charge in [0, 0.05) is 18.0 Å². The molecule has 112 valence electrons. The van der Waals surface area contributed by atoms with Crippen molar-refractivity contribution >= 4 is 28.6 Å². The topological polar surface area (TPSA) is 38.2 Å². The number of likely N-dealkylation sites (N-methyl/N-ethyl adjacent to an activating group) is 1. The van der Waals surface area contributed by atoms with Crippen molar-refractivity contribution in [3.63, 3.8) is 0 Å². The molecule has 0 aromatic carbocycles. The van der Waals surface area contributed by atoms with Gasteiger partial charge >= 0.3 is 0 Å². The zero-order chi connectivity index (χ0) is 14.8. The van der Waals surface area contributed by atoms with Crippen molar-refractivity contribution in [2.24, 2.45) is 0 Å². The van der Waals surface area contributed by atoms with Crippen LogP contribution in [-0.2, 0) is 6.42 Å². The van der Waals surface area contributed by atoms with Crippen LogP contribution < -0.4 is 4.74 Å². The third kappa shape index (κ3) is 2.88. The van der Waals surface area contributed by atoms with Crippen LogP contribution in [0.25, 0.3) is 16.8 Å². The van der Waals surface area contributed by atoms with Crippen molar-refractivity contribution in [3.8, 4) is 16.3 Å². The molecule has 0 fully saturated rings. The van der Waals surface area contributed by atoms with Crippen LogP contribution in [0.15, 0.2) is 12.1 Å². The Bertz CT molecular complexity index is 660. The molecule has 3 rings (SSSR count). The Balaban J connectivity index is 2.03. The smallest absolute Gasteiger partial charge is 0.183 e. The SMILES string of the molecule is CCc1cc(-c2nsnc2C2=CCCN(C)C2)c(OC)s1. The highest BCUT2D eigenvalue weighted by Gasteiger charge is 2.22. The molecule has 0 bridgehead atoms. The maximum absolute atomic E-state index is 5.54. The van der Waals surface area contributed by atoms with Gasteiger partial charge in [0.1, 0.15) is 11.4 Å². The van der Waals surface area contributed by atoms with Crippen LogP contribution in [0.2, 0.25) is 0 Å². The minimum absolute atomic E-state index is 0.936. The first kappa shape index (κ1) is 14.7. The second-order valence-electron chi connectivity index (χ2n) is 5.19. The molecule has 0 saturated heterocycles. The lowest BCUT2D eigenvalue weighted by atomic mass is 10.0. The number of thiophene rings is 1. The van der Waals surface area contributed by atoms with Crippen LogP contribution >= 0.6 is 23.1 Å². The van der Waals surface area contributed by atoms with Crippen molar-refractivity contribution in [2.45, 2.75) is 19.8 Å². The highest BCUT2D eigenvalue weighted by atomic mass is 32.1. The zero-order valence-electron chi connectivity index (χ0n) is 12.5. The van der Waals surface area contributed by atoms with Gasteiger partial charge in [-0.05, 0) is 31.5 Å². The van der Waals surface area contributed by atoms with Crippen molar-refractivity contribution in [1.29, 1.82) is 0 Å². The molecule has 0 radical (unpaired) electrons. The van der Waals surface area contributed by atoms with Crippen molar-refractivity contribution in [3.05, 3.63) is 22.7 Å². The minimum Gasteiger partial charge on any atom is -0.487 e. The second kappa shape index (κ2) is 6.25. The summed E-state index contributed by atoms with van der Waals surface area (Å²) in [6.45, 7) is 4.21. The normalized spacial score (nSPS) is 16.0. The summed E-state index contributed by atoms with van der Waals surface area (Å²) in [7, 11) is 3.87. The van der Waals surface area contributed by atoms with Gasteiger partial charge in [-0.1, -0.05) is 13.0 Å². The molecule has 0 N–H and O–H groups in total. The first-order valence-electron chi connectivity index (χ1n) is 7.10. The molecule has 0 spiro atoms. The van der Waals surface area contributed by atoms with E-state index in [0.29, 0.717) is 0 Å². The average molecular weight is 321 g/mol. The molecule has 3 heterocycles. The Morgan fingerprint density at radius 1 is 1.33 bits per heavy atom. The van der Waals surface area contributed by atoms with E-state index < -0.39 is 0 Å². The molecule has 0 amide bonds. The molecule has 21 heavy (non-hydrogen) atoms. The number of hydrogen-bond donors (Lipinski definition) is 0. The van der Waals surface area contributed by atoms with E-state index in [9.17, 15) is 0 Å². The number of aromatic nitrogens is 2. The van der Waals surface area contributed by atoms with Gasteiger partial charge in [-0.2, -0.15) is 8.75 Å². The molecule has 0 saturated carbocycles. The standard InChI is InChI=1S/C15H19N3OS2/c1-4-11-8-12(15(19-3)20-11)14-13(16-21-17-14)10-6-5-7-18(2)9-10/h6,8H,4-5,7,9H2,1-3H3. The quantitative estimate of drug-likeness (QED) is 0.863. The van der Waals surface area contributed by atoms with Gasteiger partial charge in [0.05, 0.1) is 24.4 Å². The van der Waals surface area contributed by atoms with Crippen LogP contribution in [0.5, 0.6) is 5.06 Å². The average Bonchev–Trinajstić information content (AvgIpc) is 3.13. The van der Waals surface area contributed by atoms with Crippen molar-refractivity contribution in [2.75, 3.05) is 27.2 Å². The number of methoxy groups -OCH3 is 1. The first-order chi connectivity index (χ1) is 10.2. The van der Waals surface area contributed by atoms with E-state index in [0.717, 1.165) is 47.9 Å². The van der Waals surface area contributed by atoms with Crippen LogP contribution in [0.1, 0.15) is 23.9 Å². The summed E-state index contributed by atoms with van der Waals surface area (Å²) < 4.78 is 14.6. The molecular formula is C15H19N3OS2. The molecular weight excluding hydrogens is 302 g/mol. The van der Waals surface area contributed by atoms with Crippen LogP contribution in [0.3, 0.4) is 0 Å². The van der Waals surface area contributed by atoms with Gasteiger partial charge < -0.3 is 9.64 Å². The summed E-state index contributed by atoms with van der Waals surface area (Å²) in [5.74, 6) is 0. The summed E-state index contributed by atoms with van der Waals surface area (Å²) in [6, 6.07) is 2.19. The number of ether oxygens (including phenoxy) is 1. The highest BCUT2D eigenvalue weighted by molar-refractivity contribution is 7.14. The predicted molar refractivity (Wildman–Crippen MR) is 89.2 cm³/mol. The largest absolute Gasteiger partial charge is 0.487 e. The van der Waals surface area contributed by atoms with E-state index in [1.54, 1.807) is 18.4 Å². The molecule has 1 aliphatic rings. The van der Waals surface area contributed by atoms with E-state index in [1.165, 1.54) is 22.2 Å². The van der Waals surface area contributed by atoms with Crippen molar-refractivity contribution < 1.29 is 4.74 Å². The van der Waals surface area contributed by atoms with Gasteiger partial charge in [0.2, 0.25) is 0 Å². The summed E-state index contributed by atoms with van der Waals surface area (Å²) in [4.78, 5) is 3.64. The van der Waals surface area contributed by atoms with Gasteiger partial charge in [-0.3, -0.25) is 0 Å². The minimum atomic E-state index is 0.936. The number of rotatable bonds is 4. The van der Waals surface area contributed by atoms with E-state index in [2.05, 4.69) is 39.8 Å². The number of hydrogen-bond acceptors (Lipinski definition) is 6. The monoisotopic (exact) mass is 321 g/mol. The second-order valence-corrected chi connectivity index (χ2v) is 6.82. The molecule has 0 unspecified atom stereocenters. The Labute approximate surface area is 133 Å². The van der Waals surface area contributed by atoms with Gasteiger partial charge in [-0.25, -0.2) is 0 Å². The molecule has 0 atom stereocenters. The molecule has 4 nitrogen and oxygen atoms in total.